The molecule has 90 valence electrons. The van der Waals surface area contributed by atoms with Gasteiger partial charge in [-0.25, -0.2) is 0 Å². The van der Waals surface area contributed by atoms with Crippen molar-refractivity contribution in [2.75, 3.05) is 20.1 Å². The molecule has 6 heteroatoms. The lowest BCUT2D eigenvalue weighted by Gasteiger charge is -2.21. The molecule has 0 radical (unpaired) electrons. The van der Waals surface area contributed by atoms with Crippen LogP contribution in [-0.2, 0) is 0 Å². The quantitative estimate of drug-likeness (QED) is 0.506. The number of amidine groups is 1. The van der Waals surface area contributed by atoms with E-state index in [0.717, 1.165) is 13.1 Å². The van der Waals surface area contributed by atoms with Gasteiger partial charge in [0.25, 0.3) is 0 Å². The molecule has 0 aliphatic carbocycles. The lowest BCUT2D eigenvalue weighted by Crippen LogP contribution is -2.40. The summed E-state index contributed by atoms with van der Waals surface area (Å²) in [4.78, 5) is 2.14. The first-order valence-corrected chi connectivity index (χ1v) is 5.22. The minimum Gasteiger partial charge on any atom is -0.479 e. The Morgan fingerprint density at radius 1 is 1.75 bits per heavy atom. The number of aromatic hydroxyl groups is 1. The predicted molar refractivity (Wildman–Crippen MR) is 60.8 cm³/mol. The van der Waals surface area contributed by atoms with Crippen LogP contribution in [0.1, 0.15) is 19.5 Å². The fraction of sp³-hybridized carbons (Fsp3) is 0.600. The monoisotopic (exact) mass is 226 g/mol. The van der Waals surface area contributed by atoms with Crippen molar-refractivity contribution in [1.29, 1.82) is 5.41 Å². The summed E-state index contributed by atoms with van der Waals surface area (Å²) in [6, 6.07) is 1.45. The maximum atomic E-state index is 8.96. The fourth-order valence-corrected chi connectivity index (χ4v) is 1.35. The third-order valence-electron chi connectivity index (χ3n) is 2.27. The van der Waals surface area contributed by atoms with E-state index >= 15 is 0 Å². The van der Waals surface area contributed by atoms with Crippen LogP contribution in [0.15, 0.2) is 10.6 Å². The molecular weight excluding hydrogens is 208 g/mol. The second-order valence-corrected chi connectivity index (χ2v) is 3.83. The van der Waals surface area contributed by atoms with Crippen molar-refractivity contribution in [3.05, 3.63) is 11.8 Å². The highest BCUT2D eigenvalue weighted by Gasteiger charge is 2.11. The summed E-state index contributed by atoms with van der Waals surface area (Å²) in [5, 5.41) is 23.2. The van der Waals surface area contributed by atoms with Crippen molar-refractivity contribution in [2.45, 2.75) is 19.9 Å². The first kappa shape index (κ1) is 12.5. The van der Waals surface area contributed by atoms with Gasteiger partial charge < -0.3 is 19.8 Å². The Kier molecular flexibility index (Phi) is 4.30. The number of likely N-dealkylation sites (N-methyl/N-ethyl adjacent to an activating group) is 1. The highest BCUT2D eigenvalue weighted by atomic mass is 16.5. The standard InChI is InChI=1S/C10H18N4O2/c1-4-14(3)6-7(2)12-10(11)8-5-9(15)16-13-8/h5,7,15H,4,6H2,1-3H3,(H2,11,12). The first-order valence-electron chi connectivity index (χ1n) is 5.22. The average molecular weight is 226 g/mol. The summed E-state index contributed by atoms with van der Waals surface area (Å²) in [5.74, 6) is -0.124. The number of nitrogens with one attached hydrogen (secondary N) is 2. The predicted octanol–water partition coefficient (Wildman–Crippen LogP) is 0.635. The summed E-state index contributed by atoms with van der Waals surface area (Å²) in [5.41, 5.74) is 0.309. The largest absolute Gasteiger partial charge is 0.479 e. The number of aromatic nitrogens is 1. The van der Waals surface area contributed by atoms with Gasteiger partial charge >= 0.3 is 5.95 Å². The Balaban J connectivity index is 2.45. The molecule has 0 aromatic carbocycles. The smallest absolute Gasteiger partial charge is 0.309 e. The van der Waals surface area contributed by atoms with Crippen LogP contribution in [0.3, 0.4) is 0 Å². The molecule has 16 heavy (non-hydrogen) atoms. The van der Waals surface area contributed by atoms with Crippen molar-refractivity contribution < 1.29 is 9.63 Å². The van der Waals surface area contributed by atoms with Gasteiger partial charge in [-0.2, -0.15) is 0 Å². The van der Waals surface area contributed by atoms with Crippen LogP contribution >= 0.6 is 0 Å². The number of hydrogen-bond donors (Lipinski definition) is 3. The zero-order valence-corrected chi connectivity index (χ0v) is 9.82. The van der Waals surface area contributed by atoms with Gasteiger partial charge in [0.1, 0.15) is 5.84 Å². The molecule has 0 spiro atoms. The molecule has 0 saturated carbocycles. The third kappa shape index (κ3) is 3.54. The Bertz CT molecular complexity index is 350. The molecule has 6 nitrogen and oxygen atoms in total. The molecule has 1 atom stereocenters. The summed E-state index contributed by atoms with van der Waals surface area (Å²) < 4.78 is 4.48. The molecule has 0 bridgehead atoms. The van der Waals surface area contributed by atoms with Crippen LogP contribution in [0.5, 0.6) is 5.95 Å². The van der Waals surface area contributed by atoms with Crippen molar-refractivity contribution >= 4 is 5.84 Å². The SMILES string of the molecule is CCN(C)CC(C)NC(=N)c1cc(O)on1. The Hall–Kier alpha value is -1.56. The van der Waals surface area contributed by atoms with Gasteiger partial charge in [0.2, 0.25) is 0 Å². The molecule has 1 unspecified atom stereocenters. The number of hydrogen-bond acceptors (Lipinski definition) is 5. The van der Waals surface area contributed by atoms with E-state index in [1.807, 2.05) is 14.0 Å². The Labute approximate surface area is 94.7 Å². The molecule has 1 rings (SSSR count). The molecular formula is C10H18N4O2. The first-order chi connectivity index (χ1) is 7.52. The molecule has 0 saturated heterocycles. The minimum atomic E-state index is -0.278. The fourth-order valence-electron chi connectivity index (χ4n) is 1.35. The van der Waals surface area contributed by atoms with E-state index in [-0.39, 0.29) is 17.8 Å². The van der Waals surface area contributed by atoms with Crippen LogP contribution in [0.2, 0.25) is 0 Å². The average Bonchev–Trinajstić information content (AvgIpc) is 2.64. The summed E-state index contributed by atoms with van der Waals surface area (Å²) in [7, 11) is 2.02. The topological polar surface area (TPSA) is 85.4 Å². The van der Waals surface area contributed by atoms with Crippen molar-refractivity contribution in [3.8, 4) is 5.95 Å². The Morgan fingerprint density at radius 3 is 2.94 bits per heavy atom. The van der Waals surface area contributed by atoms with E-state index in [0.29, 0.717) is 5.69 Å². The van der Waals surface area contributed by atoms with Gasteiger partial charge in [0.05, 0.1) is 6.07 Å². The molecule has 0 fully saturated rings. The lowest BCUT2D eigenvalue weighted by atomic mass is 10.3. The number of nitrogens with zero attached hydrogens (tertiary/aromatic N) is 2. The maximum absolute atomic E-state index is 8.96. The van der Waals surface area contributed by atoms with E-state index < -0.39 is 0 Å². The van der Waals surface area contributed by atoms with Gasteiger partial charge in [0.15, 0.2) is 5.69 Å². The maximum Gasteiger partial charge on any atom is 0.309 e. The summed E-state index contributed by atoms with van der Waals surface area (Å²) in [6.07, 6.45) is 0. The van der Waals surface area contributed by atoms with E-state index in [2.05, 4.69) is 26.8 Å². The van der Waals surface area contributed by atoms with Crippen LogP contribution < -0.4 is 5.32 Å². The van der Waals surface area contributed by atoms with E-state index in [1.165, 1.54) is 6.07 Å². The normalized spacial score (nSPS) is 12.8. The molecule has 1 heterocycles. The van der Waals surface area contributed by atoms with Crippen molar-refractivity contribution in [1.82, 2.24) is 15.4 Å². The van der Waals surface area contributed by atoms with Gasteiger partial charge in [0, 0.05) is 12.6 Å². The molecule has 3 N–H and O–H groups in total. The van der Waals surface area contributed by atoms with E-state index in [9.17, 15) is 0 Å². The highest BCUT2D eigenvalue weighted by Crippen LogP contribution is 2.09. The lowest BCUT2D eigenvalue weighted by molar-refractivity contribution is 0.277. The Morgan fingerprint density at radius 2 is 2.44 bits per heavy atom. The van der Waals surface area contributed by atoms with Crippen molar-refractivity contribution in [2.24, 2.45) is 0 Å². The van der Waals surface area contributed by atoms with Crippen LogP contribution in [0, 0.1) is 5.41 Å². The zero-order valence-electron chi connectivity index (χ0n) is 9.82. The summed E-state index contributed by atoms with van der Waals surface area (Å²) >= 11 is 0. The van der Waals surface area contributed by atoms with Gasteiger partial charge in [-0.3, -0.25) is 5.41 Å². The summed E-state index contributed by atoms with van der Waals surface area (Å²) in [6.45, 7) is 5.86. The van der Waals surface area contributed by atoms with E-state index in [4.69, 9.17) is 10.5 Å². The zero-order chi connectivity index (χ0) is 12.1. The minimum absolute atomic E-state index is 0.135. The number of rotatable bonds is 5. The molecule has 0 amide bonds. The van der Waals surface area contributed by atoms with Gasteiger partial charge in [-0.05, 0) is 20.5 Å². The molecule has 0 aliphatic rings. The molecule has 1 aromatic heterocycles. The van der Waals surface area contributed by atoms with Gasteiger partial charge in [-0.1, -0.05) is 12.1 Å². The molecule has 0 aliphatic heterocycles. The second-order valence-electron chi connectivity index (χ2n) is 3.83. The van der Waals surface area contributed by atoms with Crippen molar-refractivity contribution in [3.63, 3.8) is 0 Å². The van der Waals surface area contributed by atoms with Crippen LogP contribution in [0.4, 0.5) is 0 Å². The van der Waals surface area contributed by atoms with Crippen LogP contribution in [0.25, 0.3) is 0 Å². The van der Waals surface area contributed by atoms with E-state index in [1.54, 1.807) is 0 Å². The highest BCUT2D eigenvalue weighted by molar-refractivity contribution is 5.94. The third-order valence-corrected chi connectivity index (χ3v) is 2.27. The van der Waals surface area contributed by atoms with Crippen LogP contribution in [-0.4, -0.2) is 47.2 Å². The van der Waals surface area contributed by atoms with Gasteiger partial charge in [-0.15, -0.1) is 0 Å². The molecule has 1 aromatic rings. The second kappa shape index (κ2) is 5.50.